The first-order valence-corrected chi connectivity index (χ1v) is 9.27. The van der Waals surface area contributed by atoms with Gasteiger partial charge in [-0.15, -0.1) is 0 Å². The molecule has 0 aliphatic carbocycles. The Morgan fingerprint density at radius 3 is 2.30 bits per heavy atom. The predicted octanol–water partition coefficient (Wildman–Crippen LogP) is 4.03. The molecule has 152 valence electrons. The SMILES string of the molecule is C[C@@H](OC(=O)c1cccc(NC(N)=O)c1)C(=O)Nc1ccccc1-c1ccccc1. The van der Waals surface area contributed by atoms with E-state index in [-0.39, 0.29) is 5.56 Å². The lowest BCUT2D eigenvalue weighted by Gasteiger charge is -2.16. The molecule has 0 bridgehead atoms. The third kappa shape index (κ3) is 5.23. The Kier molecular flexibility index (Phi) is 6.44. The maximum Gasteiger partial charge on any atom is 0.338 e. The van der Waals surface area contributed by atoms with Crippen LogP contribution >= 0.6 is 0 Å². The Bertz CT molecular complexity index is 1070. The number of amides is 3. The molecule has 30 heavy (non-hydrogen) atoms. The molecule has 1 atom stereocenters. The van der Waals surface area contributed by atoms with Crippen molar-refractivity contribution in [2.45, 2.75) is 13.0 Å². The maximum absolute atomic E-state index is 12.6. The van der Waals surface area contributed by atoms with E-state index in [9.17, 15) is 14.4 Å². The summed E-state index contributed by atoms with van der Waals surface area (Å²) in [6.07, 6.45) is -1.03. The van der Waals surface area contributed by atoms with Gasteiger partial charge in [-0.05, 0) is 36.8 Å². The summed E-state index contributed by atoms with van der Waals surface area (Å²) in [6.45, 7) is 1.49. The molecular formula is C23H21N3O4. The number of hydrogen-bond acceptors (Lipinski definition) is 4. The topological polar surface area (TPSA) is 111 Å². The monoisotopic (exact) mass is 403 g/mol. The van der Waals surface area contributed by atoms with Gasteiger partial charge in [-0.3, -0.25) is 4.79 Å². The van der Waals surface area contributed by atoms with Crippen LogP contribution < -0.4 is 16.4 Å². The fourth-order valence-corrected chi connectivity index (χ4v) is 2.84. The minimum Gasteiger partial charge on any atom is -0.449 e. The van der Waals surface area contributed by atoms with E-state index in [2.05, 4.69) is 10.6 Å². The molecule has 4 N–H and O–H groups in total. The van der Waals surface area contributed by atoms with Gasteiger partial charge < -0.3 is 21.1 Å². The molecule has 0 aromatic heterocycles. The molecule has 3 aromatic carbocycles. The number of rotatable bonds is 6. The molecular weight excluding hydrogens is 382 g/mol. The van der Waals surface area contributed by atoms with Crippen LogP contribution in [0.3, 0.4) is 0 Å². The van der Waals surface area contributed by atoms with Crippen molar-refractivity contribution in [2.24, 2.45) is 5.73 Å². The average Bonchev–Trinajstić information content (AvgIpc) is 2.74. The predicted molar refractivity (Wildman–Crippen MR) is 115 cm³/mol. The number of nitrogens with one attached hydrogen (secondary N) is 2. The maximum atomic E-state index is 12.6. The third-order valence-corrected chi connectivity index (χ3v) is 4.29. The molecule has 0 unspecified atom stereocenters. The van der Waals surface area contributed by atoms with Gasteiger partial charge in [-0.1, -0.05) is 54.6 Å². The van der Waals surface area contributed by atoms with Gasteiger partial charge in [0.15, 0.2) is 6.10 Å². The molecule has 0 saturated heterocycles. The first-order chi connectivity index (χ1) is 14.4. The number of ether oxygens (including phenoxy) is 1. The highest BCUT2D eigenvalue weighted by Gasteiger charge is 2.20. The molecule has 0 spiro atoms. The Hall–Kier alpha value is -4.13. The molecule has 3 amide bonds. The van der Waals surface area contributed by atoms with Crippen LogP contribution in [0.25, 0.3) is 11.1 Å². The summed E-state index contributed by atoms with van der Waals surface area (Å²) in [7, 11) is 0. The summed E-state index contributed by atoms with van der Waals surface area (Å²) in [5.41, 5.74) is 8.04. The lowest BCUT2D eigenvalue weighted by atomic mass is 10.0. The number of primary amides is 1. The minimum atomic E-state index is -1.03. The molecule has 0 aliphatic rings. The van der Waals surface area contributed by atoms with Crippen molar-refractivity contribution >= 4 is 29.3 Å². The van der Waals surface area contributed by atoms with Crippen LogP contribution in [0.2, 0.25) is 0 Å². The molecule has 3 aromatic rings. The quantitative estimate of drug-likeness (QED) is 0.540. The molecule has 0 radical (unpaired) electrons. The Morgan fingerprint density at radius 1 is 0.867 bits per heavy atom. The third-order valence-electron chi connectivity index (χ3n) is 4.29. The van der Waals surface area contributed by atoms with Crippen LogP contribution in [0.1, 0.15) is 17.3 Å². The van der Waals surface area contributed by atoms with Crippen molar-refractivity contribution < 1.29 is 19.1 Å². The highest BCUT2D eigenvalue weighted by atomic mass is 16.5. The smallest absolute Gasteiger partial charge is 0.338 e. The lowest BCUT2D eigenvalue weighted by Crippen LogP contribution is -2.30. The average molecular weight is 403 g/mol. The number of esters is 1. The molecule has 0 heterocycles. The molecule has 7 heteroatoms. The van der Waals surface area contributed by atoms with E-state index in [1.165, 1.54) is 19.1 Å². The number of carbonyl (C=O) groups is 3. The van der Waals surface area contributed by atoms with Crippen molar-refractivity contribution in [1.82, 2.24) is 0 Å². The summed E-state index contributed by atoms with van der Waals surface area (Å²) < 4.78 is 5.28. The zero-order valence-electron chi connectivity index (χ0n) is 16.3. The Morgan fingerprint density at radius 2 is 1.57 bits per heavy atom. The number of nitrogens with two attached hydrogens (primary N) is 1. The first kappa shape index (κ1) is 20.6. The van der Waals surface area contributed by atoms with Gasteiger partial charge in [0.05, 0.1) is 5.56 Å². The van der Waals surface area contributed by atoms with Gasteiger partial charge in [-0.2, -0.15) is 0 Å². The van der Waals surface area contributed by atoms with Crippen LogP contribution in [0, 0.1) is 0 Å². The summed E-state index contributed by atoms with van der Waals surface area (Å²) in [5, 5.41) is 5.20. The van der Waals surface area contributed by atoms with Crippen LogP contribution in [-0.4, -0.2) is 24.0 Å². The Balaban J connectivity index is 1.69. The summed E-state index contributed by atoms with van der Waals surface area (Å²) in [5.74, 6) is -1.15. The number of anilines is 2. The van der Waals surface area contributed by atoms with Gasteiger partial charge >= 0.3 is 12.0 Å². The Labute approximate surface area is 173 Å². The number of carbonyl (C=O) groups excluding carboxylic acids is 3. The van der Waals surface area contributed by atoms with Gasteiger partial charge in [-0.25, -0.2) is 9.59 Å². The molecule has 0 saturated carbocycles. The summed E-state index contributed by atoms with van der Waals surface area (Å²) in [6, 6.07) is 22.4. The van der Waals surface area contributed by atoms with Crippen LogP contribution in [0.15, 0.2) is 78.9 Å². The van der Waals surface area contributed by atoms with E-state index >= 15 is 0 Å². The van der Waals surface area contributed by atoms with E-state index in [4.69, 9.17) is 10.5 Å². The van der Waals surface area contributed by atoms with Gasteiger partial charge in [0.2, 0.25) is 0 Å². The summed E-state index contributed by atoms with van der Waals surface area (Å²) in [4.78, 5) is 36.0. The fourth-order valence-electron chi connectivity index (χ4n) is 2.84. The molecule has 3 rings (SSSR count). The zero-order valence-corrected chi connectivity index (χ0v) is 16.3. The zero-order chi connectivity index (χ0) is 21.5. The van der Waals surface area contributed by atoms with Gasteiger partial charge in [0.25, 0.3) is 5.91 Å². The second kappa shape index (κ2) is 9.38. The number of para-hydroxylation sites is 1. The van der Waals surface area contributed by atoms with Crippen molar-refractivity contribution in [3.8, 4) is 11.1 Å². The number of hydrogen-bond donors (Lipinski definition) is 3. The van der Waals surface area contributed by atoms with E-state index in [1.54, 1.807) is 18.2 Å². The van der Waals surface area contributed by atoms with Crippen LogP contribution in [-0.2, 0) is 9.53 Å². The lowest BCUT2D eigenvalue weighted by molar-refractivity contribution is -0.123. The van der Waals surface area contributed by atoms with Crippen molar-refractivity contribution in [3.63, 3.8) is 0 Å². The van der Waals surface area contributed by atoms with Gasteiger partial charge in [0.1, 0.15) is 0 Å². The second-order valence-electron chi connectivity index (χ2n) is 6.52. The van der Waals surface area contributed by atoms with Crippen LogP contribution in [0.4, 0.5) is 16.2 Å². The normalized spacial score (nSPS) is 11.2. The highest BCUT2D eigenvalue weighted by molar-refractivity contribution is 6.00. The first-order valence-electron chi connectivity index (χ1n) is 9.27. The van der Waals surface area contributed by atoms with Crippen molar-refractivity contribution in [3.05, 3.63) is 84.4 Å². The molecule has 0 aliphatic heterocycles. The van der Waals surface area contributed by atoms with E-state index in [0.717, 1.165) is 11.1 Å². The van der Waals surface area contributed by atoms with E-state index < -0.39 is 24.0 Å². The fraction of sp³-hybridized carbons (Fsp3) is 0.0870. The van der Waals surface area contributed by atoms with Crippen LogP contribution in [0.5, 0.6) is 0 Å². The summed E-state index contributed by atoms with van der Waals surface area (Å²) >= 11 is 0. The van der Waals surface area contributed by atoms with Gasteiger partial charge in [0, 0.05) is 16.9 Å². The number of urea groups is 1. The molecule has 7 nitrogen and oxygen atoms in total. The van der Waals surface area contributed by atoms with Crippen molar-refractivity contribution in [1.29, 1.82) is 0 Å². The largest absolute Gasteiger partial charge is 0.449 e. The standard InChI is InChI=1S/C23H21N3O4/c1-15(30-22(28)17-10-7-11-18(14-17)25-23(24)29)21(27)26-20-13-6-5-12-19(20)16-8-3-2-4-9-16/h2-15H,1H3,(H,26,27)(H3,24,25,29)/t15-/m1/s1. The van der Waals surface area contributed by atoms with E-state index in [1.807, 2.05) is 48.5 Å². The second-order valence-corrected chi connectivity index (χ2v) is 6.52. The highest BCUT2D eigenvalue weighted by Crippen LogP contribution is 2.27. The number of benzene rings is 3. The van der Waals surface area contributed by atoms with Crippen molar-refractivity contribution in [2.75, 3.05) is 10.6 Å². The minimum absolute atomic E-state index is 0.186. The molecule has 0 fully saturated rings. The van der Waals surface area contributed by atoms with E-state index in [0.29, 0.717) is 11.4 Å².